The second-order valence-corrected chi connectivity index (χ2v) is 10.2. The maximum Gasteiger partial charge on any atom is 0.266 e. The van der Waals surface area contributed by atoms with E-state index in [1.807, 2.05) is 35.2 Å². The molecule has 0 radical (unpaired) electrons. The van der Waals surface area contributed by atoms with Crippen LogP contribution in [0.1, 0.15) is 33.3 Å². The lowest BCUT2D eigenvalue weighted by molar-refractivity contribution is -0.122. The van der Waals surface area contributed by atoms with Gasteiger partial charge in [0.05, 0.1) is 17.7 Å². The molecule has 0 spiro atoms. The van der Waals surface area contributed by atoms with E-state index in [4.69, 9.17) is 9.73 Å². The fraction of sp³-hybridized carbons (Fsp3) is 0.385. The summed E-state index contributed by atoms with van der Waals surface area (Å²) in [4.78, 5) is 24.3. The summed E-state index contributed by atoms with van der Waals surface area (Å²) in [6, 6.07) is 16.7. The van der Waals surface area contributed by atoms with E-state index in [-0.39, 0.29) is 5.91 Å². The molecule has 7 heteroatoms. The molecule has 2 aromatic carbocycles. The second kappa shape index (κ2) is 11.8. The average molecular weight is 484 g/mol. The van der Waals surface area contributed by atoms with Gasteiger partial charge in [0.25, 0.3) is 5.91 Å². The van der Waals surface area contributed by atoms with E-state index in [0.717, 1.165) is 23.5 Å². The average Bonchev–Trinajstić information content (AvgIpc) is 3.08. The largest absolute Gasteiger partial charge is 0.497 e. The summed E-state index contributed by atoms with van der Waals surface area (Å²) in [5.41, 5.74) is 1.81. The Kier molecular flexibility index (Phi) is 9.06. The third kappa shape index (κ3) is 6.65. The van der Waals surface area contributed by atoms with Gasteiger partial charge in [0, 0.05) is 30.1 Å². The molecule has 1 aliphatic rings. The van der Waals surface area contributed by atoms with Gasteiger partial charge in [-0.05, 0) is 93.8 Å². The Morgan fingerprint density at radius 1 is 1.06 bits per heavy atom. The molecule has 0 unspecified atom stereocenters. The first-order chi connectivity index (χ1) is 15.8. The lowest BCUT2D eigenvalue weighted by atomic mass is 10.2. The van der Waals surface area contributed by atoms with Crippen LogP contribution in [0.15, 0.2) is 63.3 Å². The highest BCUT2D eigenvalue weighted by Crippen LogP contribution is 2.34. The van der Waals surface area contributed by atoms with Crippen LogP contribution in [0.3, 0.4) is 0 Å². The van der Waals surface area contributed by atoms with Crippen molar-refractivity contribution in [3.8, 4) is 5.75 Å². The van der Waals surface area contributed by atoms with E-state index in [0.29, 0.717) is 28.7 Å². The number of ether oxygens (including phenoxy) is 1. The van der Waals surface area contributed by atoms with Gasteiger partial charge in [-0.1, -0.05) is 12.1 Å². The Morgan fingerprint density at radius 2 is 1.70 bits per heavy atom. The second-order valence-electron chi connectivity index (χ2n) is 8.36. The Bertz CT molecular complexity index is 991. The summed E-state index contributed by atoms with van der Waals surface area (Å²) in [7, 11) is 1.64. The summed E-state index contributed by atoms with van der Waals surface area (Å²) in [5, 5.41) is 0.713. The molecule has 3 rings (SSSR count). The number of carbonyl (C=O) groups excluding carboxylic acids is 1. The van der Waals surface area contributed by atoms with Crippen molar-refractivity contribution in [3.05, 3.63) is 59.0 Å². The van der Waals surface area contributed by atoms with Crippen molar-refractivity contribution in [1.29, 1.82) is 0 Å². The number of benzene rings is 2. The molecule has 0 saturated carbocycles. The van der Waals surface area contributed by atoms with Crippen LogP contribution in [0, 0.1) is 0 Å². The summed E-state index contributed by atoms with van der Waals surface area (Å²) < 4.78 is 5.25. The topological polar surface area (TPSA) is 45.1 Å². The monoisotopic (exact) mass is 483 g/mol. The summed E-state index contributed by atoms with van der Waals surface area (Å²) in [5.74, 6) is 0.790. The SMILES string of the molecule is COc1ccc(N=C2S/C(=C\c3ccc(SC)cc3)C(=O)N2CCN(C(C)C)C(C)C)cc1. The third-order valence-electron chi connectivity index (χ3n) is 5.51. The number of thioether (sulfide) groups is 2. The van der Waals surface area contributed by atoms with Crippen LogP contribution in [0.5, 0.6) is 5.75 Å². The van der Waals surface area contributed by atoms with E-state index >= 15 is 0 Å². The molecule has 0 aromatic heterocycles. The minimum atomic E-state index is 0.00802. The molecule has 1 aliphatic heterocycles. The predicted octanol–water partition coefficient (Wildman–Crippen LogP) is 6.14. The standard InChI is InChI=1S/C26H33N3O2S2/c1-18(2)28(19(3)4)15-16-29-25(30)24(17-20-7-13-23(32-6)14-8-20)33-26(29)27-21-9-11-22(31-5)12-10-21/h7-14,17-19H,15-16H2,1-6H3/b24-17-,27-26?. The fourth-order valence-corrected chi connectivity index (χ4v) is 5.17. The van der Waals surface area contributed by atoms with Gasteiger partial charge in [0.1, 0.15) is 5.75 Å². The molecular weight excluding hydrogens is 450 g/mol. The zero-order valence-corrected chi connectivity index (χ0v) is 21.9. The summed E-state index contributed by atoms with van der Waals surface area (Å²) >= 11 is 3.14. The van der Waals surface area contributed by atoms with Crippen molar-refractivity contribution in [3.63, 3.8) is 0 Å². The first-order valence-electron chi connectivity index (χ1n) is 11.2. The van der Waals surface area contributed by atoms with Crippen LogP contribution in [0.4, 0.5) is 5.69 Å². The lowest BCUT2D eigenvalue weighted by Crippen LogP contribution is -2.43. The van der Waals surface area contributed by atoms with Crippen LogP contribution in [0.2, 0.25) is 0 Å². The molecule has 5 nitrogen and oxygen atoms in total. The number of aliphatic imine (C=N–C) groups is 1. The molecule has 33 heavy (non-hydrogen) atoms. The van der Waals surface area contributed by atoms with Crippen LogP contribution < -0.4 is 4.74 Å². The molecule has 0 N–H and O–H groups in total. The van der Waals surface area contributed by atoms with Crippen LogP contribution in [0.25, 0.3) is 6.08 Å². The first kappa shape index (κ1) is 25.4. The van der Waals surface area contributed by atoms with Crippen molar-refractivity contribution in [1.82, 2.24) is 9.80 Å². The van der Waals surface area contributed by atoms with E-state index in [1.165, 1.54) is 16.7 Å². The predicted molar refractivity (Wildman–Crippen MR) is 143 cm³/mol. The van der Waals surface area contributed by atoms with E-state index < -0.39 is 0 Å². The zero-order chi connectivity index (χ0) is 24.0. The number of amidine groups is 1. The van der Waals surface area contributed by atoms with Gasteiger partial charge >= 0.3 is 0 Å². The number of nitrogens with zero attached hydrogens (tertiary/aromatic N) is 3. The number of methoxy groups -OCH3 is 1. The van der Waals surface area contributed by atoms with Gasteiger partial charge in [-0.15, -0.1) is 11.8 Å². The van der Waals surface area contributed by atoms with Crippen LogP contribution >= 0.6 is 23.5 Å². The number of amides is 1. The Balaban J connectivity index is 1.89. The highest BCUT2D eigenvalue weighted by molar-refractivity contribution is 8.18. The normalized spacial score (nSPS) is 16.8. The Labute approximate surface area is 206 Å². The highest BCUT2D eigenvalue weighted by atomic mass is 32.2. The quantitative estimate of drug-likeness (QED) is 0.317. The molecule has 2 aromatic rings. The zero-order valence-electron chi connectivity index (χ0n) is 20.2. The van der Waals surface area contributed by atoms with Crippen LogP contribution in [-0.2, 0) is 4.79 Å². The minimum Gasteiger partial charge on any atom is -0.497 e. The van der Waals surface area contributed by atoms with Crippen molar-refractivity contribution in [2.75, 3.05) is 26.5 Å². The van der Waals surface area contributed by atoms with Gasteiger partial charge in [-0.2, -0.15) is 0 Å². The molecule has 0 bridgehead atoms. The summed E-state index contributed by atoms with van der Waals surface area (Å²) in [6.07, 6.45) is 4.02. The van der Waals surface area contributed by atoms with Gasteiger partial charge in [0.15, 0.2) is 5.17 Å². The van der Waals surface area contributed by atoms with E-state index in [2.05, 4.69) is 63.1 Å². The first-order valence-corrected chi connectivity index (χ1v) is 13.2. The molecular formula is C26H33N3O2S2. The Morgan fingerprint density at radius 3 is 2.24 bits per heavy atom. The number of hydrogen-bond acceptors (Lipinski definition) is 6. The maximum atomic E-state index is 13.4. The number of rotatable bonds is 9. The van der Waals surface area contributed by atoms with Crippen molar-refractivity contribution >= 4 is 46.4 Å². The van der Waals surface area contributed by atoms with Gasteiger partial charge in [-0.3, -0.25) is 14.6 Å². The fourth-order valence-electron chi connectivity index (χ4n) is 3.74. The maximum absolute atomic E-state index is 13.4. The smallest absolute Gasteiger partial charge is 0.266 e. The molecule has 0 aliphatic carbocycles. The lowest BCUT2D eigenvalue weighted by Gasteiger charge is -2.31. The Hall–Kier alpha value is -2.22. The molecule has 1 amide bonds. The number of hydrogen-bond donors (Lipinski definition) is 0. The van der Waals surface area contributed by atoms with E-state index in [9.17, 15) is 4.79 Å². The van der Waals surface area contributed by atoms with E-state index in [1.54, 1.807) is 18.9 Å². The summed E-state index contributed by atoms with van der Waals surface area (Å²) in [6.45, 7) is 10.2. The number of carbonyl (C=O) groups is 1. The molecule has 0 atom stereocenters. The molecule has 1 saturated heterocycles. The molecule has 176 valence electrons. The van der Waals surface area contributed by atoms with Crippen molar-refractivity contribution in [2.24, 2.45) is 4.99 Å². The van der Waals surface area contributed by atoms with Crippen molar-refractivity contribution in [2.45, 2.75) is 44.7 Å². The van der Waals surface area contributed by atoms with Gasteiger partial charge < -0.3 is 4.74 Å². The van der Waals surface area contributed by atoms with Crippen molar-refractivity contribution < 1.29 is 9.53 Å². The minimum absolute atomic E-state index is 0.00802. The molecule has 1 fully saturated rings. The van der Waals surface area contributed by atoms with Gasteiger partial charge in [-0.25, -0.2) is 4.99 Å². The highest BCUT2D eigenvalue weighted by Gasteiger charge is 2.34. The third-order valence-corrected chi connectivity index (χ3v) is 7.26. The van der Waals surface area contributed by atoms with Gasteiger partial charge in [0.2, 0.25) is 0 Å². The molecule has 1 heterocycles. The van der Waals surface area contributed by atoms with Crippen LogP contribution in [-0.4, -0.2) is 59.4 Å².